The highest BCUT2D eigenvalue weighted by molar-refractivity contribution is 5.98. The number of likely N-dealkylation sites (tertiary alicyclic amines) is 1. The molecule has 2 N–H and O–H groups in total. The molecule has 0 unspecified atom stereocenters. The first-order chi connectivity index (χ1) is 19.4. The van der Waals surface area contributed by atoms with E-state index in [9.17, 15) is 14.0 Å². The number of carbonyl (C=O) groups is 2. The van der Waals surface area contributed by atoms with Crippen LogP contribution in [0.3, 0.4) is 0 Å². The zero-order valence-corrected chi connectivity index (χ0v) is 23.4. The molecule has 2 aliphatic rings. The average Bonchev–Trinajstić information content (AvgIpc) is 3.51. The minimum Gasteiger partial charge on any atom is -0.341 e. The number of halogens is 1. The van der Waals surface area contributed by atoms with Gasteiger partial charge in [0.25, 0.3) is 5.91 Å². The Balaban J connectivity index is 1.11. The first kappa shape index (κ1) is 28.0. The molecule has 3 aromatic rings. The molecule has 2 amide bonds. The number of amides is 2. The fourth-order valence-electron chi connectivity index (χ4n) is 6.11. The van der Waals surface area contributed by atoms with Crippen molar-refractivity contribution in [2.24, 2.45) is 0 Å². The third-order valence-corrected chi connectivity index (χ3v) is 8.48. The molecule has 1 saturated heterocycles. The molecule has 210 valence electrons. The van der Waals surface area contributed by atoms with E-state index in [1.807, 2.05) is 71.6 Å². The van der Waals surface area contributed by atoms with Gasteiger partial charge in [0.15, 0.2) is 0 Å². The number of carbonyl (C=O) groups excluding carboxylic acids is 2. The lowest BCUT2D eigenvalue weighted by molar-refractivity contribution is -0.132. The van der Waals surface area contributed by atoms with Crippen molar-refractivity contribution in [3.05, 3.63) is 95.8 Å². The molecule has 1 aliphatic heterocycles. The molecule has 0 spiro atoms. The van der Waals surface area contributed by atoms with E-state index in [2.05, 4.69) is 17.6 Å². The van der Waals surface area contributed by atoms with Crippen LogP contribution in [0.2, 0.25) is 0 Å². The third kappa shape index (κ3) is 6.97. The Kier molecular flexibility index (Phi) is 8.95. The second-order valence-corrected chi connectivity index (χ2v) is 11.6. The van der Waals surface area contributed by atoms with Gasteiger partial charge in [-0.15, -0.1) is 0 Å². The van der Waals surface area contributed by atoms with E-state index < -0.39 is 6.04 Å². The molecule has 2 fully saturated rings. The van der Waals surface area contributed by atoms with Gasteiger partial charge in [-0.25, -0.2) is 4.39 Å². The van der Waals surface area contributed by atoms with E-state index in [0.717, 1.165) is 69.3 Å². The summed E-state index contributed by atoms with van der Waals surface area (Å²) in [5.41, 5.74) is 4.01. The predicted octanol–water partition coefficient (Wildman–Crippen LogP) is 6.31. The Bertz CT molecular complexity index is 1260. The summed E-state index contributed by atoms with van der Waals surface area (Å²) in [5, 5.41) is 6.74. The van der Waals surface area contributed by atoms with Gasteiger partial charge in [-0.3, -0.25) is 9.59 Å². The summed E-state index contributed by atoms with van der Waals surface area (Å²) in [7, 11) is 0. The summed E-state index contributed by atoms with van der Waals surface area (Å²) < 4.78 is 13.2. The molecule has 1 atom stereocenters. The number of nitrogens with zero attached hydrogens (tertiary/aromatic N) is 1. The Morgan fingerprint density at radius 1 is 0.900 bits per heavy atom. The minimum atomic E-state index is -0.512. The van der Waals surface area contributed by atoms with Crippen molar-refractivity contribution >= 4 is 11.8 Å². The summed E-state index contributed by atoms with van der Waals surface area (Å²) in [5.74, 6) is 0.108. The standard InChI is InChI=1S/C34H40FN3O2/c1-34(23-29(24-34)27-16-18-30(35)19-17-27)36-20-6-5-11-31(33(40)38-21-7-8-22-38)37-32(39)28-14-12-26(13-15-28)25-9-3-2-4-10-25/h2-4,9-10,12-19,29,31,36H,5-8,11,20-24H2,1H3,(H,37,39)/t29?,31-,34?/m0/s1. The number of hydrogen-bond donors (Lipinski definition) is 2. The molecule has 1 heterocycles. The largest absolute Gasteiger partial charge is 0.341 e. The maximum absolute atomic E-state index is 13.3. The highest BCUT2D eigenvalue weighted by Gasteiger charge is 2.40. The van der Waals surface area contributed by atoms with E-state index in [-0.39, 0.29) is 23.2 Å². The van der Waals surface area contributed by atoms with Crippen LogP contribution in [-0.2, 0) is 4.79 Å². The van der Waals surface area contributed by atoms with E-state index in [4.69, 9.17) is 0 Å². The predicted molar refractivity (Wildman–Crippen MR) is 158 cm³/mol. The van der Waals surface area contributed by atoms with Crippen molar-refractivity contribution in [2.75, 3.05) is 19.6 Å². The molecular formula is C34H40FN3O2. The van der Waals surface area contributed by atoms with Crippen molar-refractivity contribution in [2.45, 2.75) is 69.4 Å². The van der Waals surface area contributed by atoms with E-state index in [1.165, 1.54) is 17.7 Å². The quantitative estimate of drug-likeness (QED) is 0.280. The second kappa shape index (κ2) is 12.8. The Labute approximate surface area is 237 Å². The number of benzene rings is 3. The molecule has 0 radical (unpaired) electrons. The van der Waals surface area contributed by atoms with Gasteiger partial charge < -0.3 is 15.5 Å². The summed E-state index contributed by atoms with van der Waals surface area (Å²) in [6, 6.07) is 24.0. The van der Waals surface area contributed by atoms with Crippen LogP contribution < -0.4 is 10.6 Å². The van der Waals surface area contributed by atoms with Crippen LogP contribution in [0.1, 0.15) is 73.7 Å². The topological polar surface area (TPSA) is 61.4 Å². The number of nitrogens with one attached hydrogen (secondary N) is 2. The van der Waals surface area contributed by atoms with Gasteiger partial charge in [-0.05, 0) is 105 Å². The first-order valence-corrected chi connectivity index (χ1v) is 14.7. The zero-order valence-electron chi connectivity index (χ0n) is 23.4. The maximum Gasteiger partial charge on any atom is 0.251 e. The van der Waals surface area contributed by atoms with Crippen molar-refractivity contribution in [3.63, 3.8) is 0 Å². The van der Waals surface area contributed by atoms with Gasteiger partial charge in [0, 0.05) is 24.2 Å². The number of hydrogen-bond acceptors (Lipinski definition) is 3. The molecular weight excluding hydrogens is 501 g/mol. The smallest absolute Gasteiger partial charge is 0.251 e. The fraction of sp³-hybridized carbons (Fsp3) is 0.412. The van der Waals surface area contributed by atoms with Gasteiger partial charge in [0.1, 0.15) is 11.9 Å². The van der Waals surface area contributed by atoms with Crippen molar-refractivity contribution in [1.82, 2.24) is 15.5 Å². The summed E-state index contributed by atoms with van der Waals surface area (Å²) in [4.78, 5) is 28.3. The molecule has 5 nitrogen and oxygen atoms in total. The van der Waals surface area contributed by atoms with E-state index in [1.54, 1.807) is 0 Å². The van der Waals surface area contributed by atoms with Crippen molar-refractivity contribution < 1.29 is 14.0 Å². The van der Waals surface area contributed by atoms with Gasteiger partial charge in [0.05, 0.1) is 0 Å². The normalized spacial score (nSPS) is 21.1. The lowest BCUT2D eigenvalue weighted by Gasteiger charge is -2.46. The first-order valence-electron chi connectivity index (χ1n) is 14.7. The SMILES string of the molecule is CC1(NCCCC[C@H](NC(=O)c2ccc(-c3ccccc3)cc2)C(=O)N2CCCC2)CC(c2ccc(F)cc2)C1. The van der Waals surface area contributed by atoms with E-state index >= 15 is 0 Å². The lowest BCUT2D eigenvalue weighted by atomic mass is 9.66. The highest BCUT2D eigenvalue weighted by atomic mass is 19.1. The number of rotatable bonds is 11. The zero-order chi connectivity index (χ0) is 28.0. The van der Waals surface area contributed by atoms with Crippen LogP contribution in [0.15, 0.2) is 78.9 Å². The molecule has 1 aliphatic carbocycles. The van der Waals surface area contributed by atoms with Gasteiger partial charge in [-0.2, -0.15) is 0 Å². The van der Waals surface area contributed by atoms with E-state index in [0.29, 0.717) is 17.9 Å². The summed E-state index contributed by atoms with van der Waals surface area (Å²) in [6.45, 7) is 4.65. The van der Waals surface area contributed by atoms with Crippen LogP contribution in [0.5, 0.6) is 0 Å². The van der Waals surface area contributed by atoms with Gasteiger partial charge in [-0.1, -0.05) is 54.6 Å². The minimum absolute atomic E-state index is 0.0350. The monoisotopic (exact) mass is 541 g/mol. The van der Waals surface area contributed by atoms with Crippen molar-refractivity contribution in [1.29, 1.82) is 0 Å². The van der Waals surface area contributed by atoms with Crippen LogP contribution in [0.25, 0.3) is 11.1 Å². The molecule has 3 aromatic carbocycles. The van der Waals surface area contributed by atoms with Crippen LogP contribution in [0, 0.1) is 5.82 Å². The summed E-state index contributed by atoms with van der Waals surface area (Å²) in [6.07, 6.45) is 6.52. The Morgan fingerprint density at radius 2 is 1.55 bits per heavy atom. The molecule has 6 heteroatoms. The maximum atomic E-state index is 13.3. The second-order valence-electron chi connectivity index (χ2n) is 11.6. The molecule has 40 heavy (non-hydrogen) atoms. The fourth-order valence-corrected chi connectivity index (χ4v) is 6.11. The highest BCUT2D eigenvalue weighted by Crippen LogP contribution is 2.44. The average molecular weight is 542 g/mol. The van der Waals surface area contributed by atoms with Crippen LogP contribution in [0.4, 0.5) is 4.39 Å². The lowest BCUT2D eigenvalue weighted by Crippen LogP contribution is -2.52. The molecule has 5 rings (SSSR count). The molecule has 0 aromatic heterocycles. The van der Waals surface area contributed by atoms with Crippen LogP contribution >= 0.6 is 0 Å². The summed E-state index contributed by atoms with van der Waals surface area (Å²) >= 11 is 0. The van der Waals surface area contributed by atoms with Crippen molar-refractivity contribution in [3.8, 4) is 11.1 Å². The van der Waals surface area contributed by atoms with Gasteiger partial charge >= 0.3 is 0 Å². The van der Waals surface area contributed by atoms with Crippen LogP contribution in [-0.4, -0.2) is 47.9 Å². The Hall–Kier alpha value is -3.51. The van der Waals surface area contributed by atoms with Gasteiger partial charge in [0.2, 0.25) is 5.91 Å². The third-order valence-electron chi connectivity index (χ3n) is 8.48. The Morgan fingerprint density at radius 3 is 2.23 bits per heavy atom. The molecule has 0 bridgehead atoms. The molecule has 1 saturated carbocycles. The number of unbranched alkanes of at least 4 members (excludes halogenated alkanes) is 1.